The van der Waals surface area contributed by atoms with Gasteiger partial charge in [0.25, 0.3) is 0 Å². The van der Waals surface area contributed by atoms with Crippen molar-refractivity contribution in [2.24, 2.45) is 17.8 Å². The number of carbonyl (C=O) groups excluding carboxylic acids is 2. The highest BCUT2D eigenvalue weighted by atomic mass is 16.7. The third-order valence-electron chi connectivity index (χ3n) is 12.8. The van der Waals surface area contributed by atoms with Crippen molar-refractivity contribution in [1.29, 1.82) is 0 Å². The molecule has 0 radical (unpaired) electrons. The highest BCUT2D eigenvalue weighted by Crippen LogP contribution is 2.44. The van der Waals surface area contributed by atoms with Gasteiger partial charge in [-0.25, -0.2) is 4.79 Å². The number of hydrogen-bond acceptors (Lipinski definition) is 18. The highest BCUT2D eigenvalue weighted by molar-refractivity contribution is 5.90. The fraction of sp³-hybridized carbons (Fsp3) is 0.872. The van der Waals surface area contributed by atoms with Crippen molar-refractivity contribution in [1.82, 2.24) is 0 Å². The molecule has 3 heterocycles. The van der Waals surface area contributed by atoms with Crippen LogP contribution in [0.4, 0.5) is 0 Å². The van der Waals surface area contributed by atoms with Gasteiger partial charge < -0.3 is 84.2 Å². The van der Waals surface area contributed by atoms with Gasteiger partial charge in [0.1, 0.15) is 61.9 Å². The summed E-state index contributed by atoms with van der Waals surface area (Å²) in [5.74, 6) is -3.91. The van der Waals surface area contributed by atoms with E-state index in [0.29, 0.717) is 38.5 Å². The molecule has 0 aromatic carbocycles. The number of aliphatic hydroxyl groups excluding tert-OH is 9. The SMILES string of the molecule is O=C(O)CC(=O)OC1C(CO)OC(OC2CC(O)CC3[OH+]C(C4CCC(O)CC4)C(OC4OC(COC(=O)C=CC5CCC(O)CC5)C(O)C(O)C4O)CC23)C(O)C1O. The van der Waals surface area contributed by atoms with Crippen LogP contribution < -0.4 is 0 Å². The molecule has 59 heavy (non-hydrogen) atoms. The fourth-order valence-corrected chi connectivity index (χ4v) is 9.47. The Morgan fingerprint density at radius 1 is 0.678 bits per heavy atom. The number of carbonyl (C=O) groups is 3. The van der Waals surface area contributed by atoms with E-state index in [1.807, 2.05) is 0 Å². The van der Waals surface area contributed by atoms with Crippen molar-refractivity contribution in [2.75, 3.05) is 13.2 Å². The van der Waals surface area contributed by atoms with E-state index in [4.69, 9.17) is 38.3 Å². The first-order chi connectivity index (χ1) is 28.1. The first-order valence-corrected chi connectivity index (χ1v) is 20.7. The predicted octanol–water partition coefficient (Wildman–Crippen LogP) is -2.97. The fourth-order valence-electron chi connectivity index (χ4n) is 9.47. The number of esters is 2. The molecule has 6 aliphatic rings. The maximum atomic E-state index is 12.6. The van der Waals surface area contributed by atoms with Crippen molar-refractivity contribution in [3.05, 3.63) is 12.2 Å². The van der Waals surface area contributed by atoms with Gasteiger partial charge >= 0.3 is 17.9 Å². The molecular formula is C39H61O20+. The number of aliphatic hydroxyl groups is 11. The third-order valence-corrected chi connectivity index (χ3v) is 12.8. The average Bonchev–Trinajstić information content (AvgIpc) is 3.20. The topological polar surface area (TPSA) is 322 Å². The normalized spacial score (nSPS) is 45.6. The van der Waals surface area contributed by atoms with E-state index in [2.05, 4.69) is 0 Å². The summed E-state index contributed by atoms with van der Waals surface area (Å²) in [6.45, 7) is -1.27. The van der Waals surface area contributed by atoms with E-state index in [9.17, 15) is 60.3 Å². The van der Waals surface area contributed by atoms with Gasteiger partial charge in [0.05, 0.1) is 36.9 Å². The Bertz CT molecular complexity index is 1410. The van der Waals surface area contributed by atoms with Crippen LogP contribution in [0.25, 0.3) is 0 Å². The molecule has 0 aromatic heterocycles. The van der Waals surface area contributed by atoms with Crippen LogP contribution in [0.2, 0.25) is 0 Å². The lowest BCUT2D eigenvalue weighted by atomic mass is 9.73. The number of carboxylic acid groups (broad SMARTS) is 1. The molecule has 336 valence electrons. The number of fused-ring (bicyclic) bond motifs is 1. The highest BCUT2D eigenvalue weighted by Gasteiger charge is 2.56. The predicted molar refractivity (Wildman–Crippen MR) is 195 cm³/mol. The number of allylic oxidation sites excluding steroid dienone is 1. The third kappa shape index (κ3) is 11.5. The summed E-state index contributed by atoms with van der Waals surface area (Å²) < 4.78 is 39.9. The summed E-state index contributed by atoms with van der Waals surface area (Å²) >= 11 is 0. The first kappa shape index (κ1) is 46.1. The van der Waals surface area contributed by atoms with Gasteiger partial charge in [0.15, 0.2) is 30.9 Å². The van der Waals surface area contributed by atoms with Gasteiger partial charge in [0, 0.05) is 24.8 Å². The van der Waals surface area contributed by atoms with Gasteiger partial charge in [-0.05, 0) is 63.7 Å². The molecular weight excluding hydrogens is 788 g/mol. The van der Waals surface area contributed by atoms with E-state index in [1.165, 1.54) is 6.08 Å². The number of ether oxygens (including phenoxy) is 7. The van der Waals surface area contributed by atoms with Crippen molar-refractivity contribution in [3.8, 4) is 0 Å². The Morgan fingerprint density at radius 3 is 1.93 bits per heavy atom. The minimum absolute atomic E-state index is 0.0330. The van der Waals surface area contributed by atoms with Gasteiger partial charge in [0.2, 0.25) is 0 Å². The lowest BCUT2D eigenvalue weighted by Crippen LogP contribution is -2.64. The van der Waals surface area contributed by atoms with E-state index in [1.54, 1.807) is 6.08 Å². The molecule has 16 atom stereocenters. The zero-order chi connectivity index (χ0) is 42.5. The minimum Gasteiger partial charge on any atom is -0.481 e. The molecule has 6 fully saturated rings. The van der Waals surface area contributed by atoms with Crippen LogP contribution in [0.3, 0.4) is 0 Å². The molecule has 0 spiro atoms. The number of hydrogen-bond donors (Lipinski definition) is 10. The Kier molecular flexibility index (Phi) is 16.1. The number of rotatable bonds is 13. The Balaban J connectivity index is 1.15. The lowest BCUT2D eigenvalue weighted by Gasteiger charge is -2.50. The van der Waals surface area contributed by atoms with Gasteiger partial charge in [-0.3, -0.25) is 9.59 Å². The quantitative estimate of drug-likeness (QED) is 0.0383. The van der Waals surface area contributed by atoms with Crippen molar-refractivity contribution < 1.29 is 98.6 Å². The molecule has 6 rings (SSSR count). The minimum atomic E-state index is -1.85. The van der Waals surface area contributed by atoms with Crippen LogP contribution in [0.15, 0.2) is 12.2 Å². The number of aliphatic carboxylic acids is 1. The second kappa shape index (κ2) is 20.6. The lowest BCUT2D eigenvalue weighted by molar-refractivity contribution is -0.366. The molecule has 3 saturated heterocycles. The molecule has 0 amide bonds. The monoisotopic (exact) mass is 849 g/mol. The summed E-state index contributed by atoms with van der Waals surface area (Å²) in [4.78, 5) is 35.6. The molecule has 3 saturated carbocycles. The Morgan fingerprint density at radius 2 is 1.29 bits per heavy atom. The van der Waals surface area contributed by atoms with Gasteiger partial charge in [-0.15, -0.1) is 0 Å². The van der Waals surface area contributed by atoms with E-state index < -0.39 is 141 Å². The molecule has 0 aromatic rings. The smallest absolute Gasteiger partial charge is 0.330 e. The van der Waals surface area contributed by atoms with Gasteiger partial charge in [-0.1, -0.05) is 6.08 Å². The van der Waals surface area contributed by atoms with Crippen LogP contribution in [0.5, 0.6) is 0 Å². The maximum Gasteiger partial charge on any atom is 0.330 e. The van der Waals surface area contributed by atoms with Crippen LogP contribution >= 0.6 is 0 Å². The molecule has 0 bridgehead atoms. The molecule has 3 aliphatic heterocycles. The maximum absolute atomic E-state index is 12.6. The average molecular weight is 850 g/mol. The van der Waals surface area contributed by atoms with Crippen LogP contribution in [0, 0.1) is 17.8 Å². The summed E-state index contributed by atoms with van der Waals surface area (Å²) in [7, 11) is 0. The van der Waals surface area contributed by atoms with E-state index in [0.717, 1.165) is 12.8 Å². The zero-order valence-corrected chi connectivity index (χ0v) is 32.7. The second-order valence-electron chi connectivity index (χ2n) is 17.0. The van der Waals surface area contributed by atoms with Crippen LogP contribution in [0.1, 0.15) is 77.0 Å². The standard InChI is InChI=1S/C39H60O20/c40-15-26-37(59-30(47)14-28(44)45)33(50)35(52)39(57-26)55-24-12-21(43)11-23-22(24)13-25(36(54-23)18-4-8-20(42)9-5-18)56-38-34(51)32(49)31(48)27(58-38)16-53-29(46)10-3-17-1-6-19(41)7-2-17/h3,10,17-27,31-43,48-52H,1-2,4-9,11-16H2,(H,44,45)/p+1. The second-order valence-corrected chi connectivity index (χ2v) is 17.0. The first-order valence-electron chi connectivity index (χ1n) is 20.7. The summed E-state index contributed by atoms with van der Waals surface area (Å²) in [5, 5.41) is 105. The summed E-state index contributed by atoms with van der Waals surface area (Å²) in [5.41, 5.74) is 0. The van der Waals surface area contributed by atoms with Crippen LogP contribution in [-0.2, 0) is 42.8 Å². The molecule has 16 unspecified atom stereocenters. The molecule has 20 nitrogen and oxygen atoms in total. The summed E-state index contributed by atoms with van der Waals surface area (Å²) in [6.07, 6.45) is -13.4. The number of carboxylic acids is 1. The molecule has 11 N–H and O–H groups in total. The van der Waals surface area contributed by atoms with Crippen molar-refractivity contribution >= 4 is 17.9 Å². The molecule has 3 aliphatic carbocycles. The molecule has 20 heteroatoms. The van der Waals surface area contributed by atoms with Crippen molar-refractivity contribution in [2.45, 2.75) is 181 Å². The van der Waals surface area contributed by atoms with Crippen molar-refractivity contribution in [3.63, 3.8) is 0 Å². The Hall–Kier alpha value is -2.41. The summed E-state index contributed by atoms with van der Waals surface area (Å²) in [6, 6.07) is 0. The largest absolute Gasteiger partial charge is 0.481 e. The Labute approximate surface area is 340 Å². The van der Waals surface area contributed by atoms with E-state index in [-0.39, 0.29) is 37.2 Å². The van der Waals surface area contributed by atoms with Crippen LogP contribution in [-0.4, -0.2) is 191 Å². The van der Waals surface area contributed by atoms with E-state index >= 15 is 0 Å². The zero-order valence-electron chi connectivity index (χ0n) is 32.7. The van der Waals surface area contributed by atoms with Gasteiger partial charge in [-0.2, -0.15) is 0 Å².